The van der Waals surface area contributed by atoms with Gasteiger partial charge >= 0.3 is 5.97 Å². The van der Waals surface area contributed by atoms with Gasteiger partial charge in [-0.1, -0.05) is 30.0 Å². The second-order valence-corrected chi connectivity index (χ2v) is 6.75. The predicted octanol–water partition coefficient (Wildman–Crippen LogP) is 3.95. The number of carbonyl (C=O) groups is 2. The molecule has 144 valence electrons. The first-order valence-corrected chi connectivity index (χ1v) is 9.64. The quantitative estimate of drug-likeness (QED) is 0.476. The number of hydrogen-bond donors (Lipinski definition) is 1. The van der Waals surface area contributed by atoms with Crippen LogP contribution < -0.4 is 5.32 Å². The molecule has 0 unspecified atom stereocenters. The van der Waals surface area contributed by atoms with Crippen molar-refractivity contribution in [1.82, 2.24) is 10.2 Å². The summed E-state index contributed by atoms with van der Waals surface area (Å²) in [5.74, 6) is -0.0634. The van der Waals surface area contributed by atoms with Gasteiger partial charge in [0, 0.05) is 11.3 Å². The molecule has 0 atom stereocenters. The van der Waals surface area contributed by atoms with Crippen LogP contribution in [0, 0.1) is 6.92 Å². The first-order chi connectivity index (χ1) is 13.6. The predicted molar refractivity (Wildman–Crippen MR) is 106 cm³/mol. The third kappa shape index (κ3) is 4.98. The van der Waals surface area contributed by atoms with Crippen molar-refractivity contribution < 1.29 is 18.7 Å². The number of esters is 1. The molecule has 0 bridgehead atoms. The van der Waals surface area contributed by atoms with Crippen molar-refractivity contribution in [2.45, 2.75) is 19.1 Å². The number of benzene rings is 2. The molecule has 1 amide bonds. The normalized spacial score (nSPS) is 10.5. The SMILES string of the molecule is CCOC(=O)c1ccc(NC(=O)CSc2nnc(-c3ccccc3C)o2)cc1. The maximum absolute atomic E-state index is 12.1. The summed E-state index contributed by atoms with van der Waals surface area (Å²) in [6.45, 7) is 4.03. The van der Waals surface area contributed by atoms with Gasteiger partial charge in [0.15, 0.2) is 0 Å². The van der Waals surface area contributed by atoms with E-state index in [2.05, 4.69) is 15.5 Å². The van der Waals surface area contributed by atoms with Crippen molar-refractivity contribution in [3.05, 3.63) is 59.7 Å². The molecule has 0 aliphatic rings. The molecule has 8 heteroatoms. The number of hydrogen-bond acceptors (Lipinski definition) is 7. The van der Waals surface area contributed by atoms with Crippen LogP contribution in [-0.4, -0.2) is 34.4 Å². The lowest BCUT2D eigenvalue weighted by atomic mass is 10.1. The highest BCUT2D eigenvalue weighted by molar-refractivity contribution is 7.99. The van der Waals surface area contributed by atoms with E-state index in [1.54, 1.807) is 31.2 Å². The molecular weight excluding hydrogens is 378 g/mol. The van der Waals surface area contributed by atoms with E-state index in [4.69, 9.17) is 9.15 Å². The second kappa shape index (κ2) is 9.18. The van der Waals surface area contributed by atoms with Crippen LogP contribution in [0.15, 0.2) is 58.2 Å². The van der Waals surface area contributed by atoms with Gasteiger partial charge in [0.2, 0.25) is 11.8 Å². The first kappa shape index (κ1) is 19.6. The van der Waals surface area contributed by atoms with Gasteiger partial charge in [-0.25, -0.2) is 4.79 Å². The van der Waals surface area contributed by atoms with E-state index in [-0.39, 0.29) is 11.7 Å². The van der Waals surface area contributed by atoms with Crippen LogP contribution in [0.5, 0.6) is 0 Å². The Kier molecular flexibility index (Phi) is 6.44. The number of ether oxygens (including phenoxy) is 1. The Morgan fingerprint density at radius 1 is 1.11 bits per heavy atom. The zero-order valence-electron chi connectivity index (χ0n) is 15.5. The zero-order valence-corrected chi connectivity index (χ0v) is 16.3. The van der Waals surface area contributed by atoms with Gasteiger partial charge in [0.05, 0.1) is 17.9 Å². The highest BCUT2D eigenvalue weighted by Crippen LogP contribution is 2.25. The number of carbonyl (C=O) groups excluding carboxylic acids is 2. The number of aryl methyl sites for hydroxylation is 1. The minimum atomic E-state index is -0.392. The number of nitrogens with zero attached hydrogens (tertiary/aromatic N) is 2. The van der Waals surface area contributed by atoms with E-state index >= 15 is 0 Å². The van der Waals surface area contributed by atoms with Crippen LogP contribution >= 0.6 is 11.8 Å². The fourth-order valence-electron chi connectivity index (χ4n) is 2.42. The van der Waals surface area contributed by atoms with Crippen molar-refractivity contribution >= 4 is 29.3 Å². The fraction of sp³-hybridized carbons (Fsp3) is 0.200. The van der Waals surface area contributed by atoms with E-state index in [1.807, 2.05) is 31.2 Å². The van der Waals surface area contributed by atoms with E-state index in [1.165, 1.54) is 0 Å². The molecule has 0 radical (unpaired) electrons. The van der Waals surface area contributed by atoms with E-state index in [0.29, 0.717) is 29.0 Å². The highest BCUT2D eigenvalue weighted by Gasteiger charge is 2.13. The molecular formula is C20H19N3O4S. The van der Waals surface area contributed by atoms with Gasteiger partial charge in [-0.3, -0.25) is 4.79 Å². The van der Waals surface area contributed by atoms with Gasteiger partial charge in [0.1, 0.15) is 0 Å². The van der Waals surface area contributed by atoms with Crippen molar-refractivity contribution in [2.75, 3.05) is 17.7 Å². The monoisotopic (exact) mass is 397 g/mol. The molecule has 1 N–H and O–H groups in total. The minimum Gasteiger partial charge on any atom is -0.462 e. The molecule has 1 heterocycles. The summed E-state index contributed by atoms with van der Waals surface area (Å²) in [6, 6.07) is 14.2. The molecule has 2 aromatic carbocycles. The Balaban J connectivity index is 1.54. The lowest BCUT2D eigenvalue weighted by Crippen LogP contribution is -2.14. The Morgan fingerprint density at radius 3 is 2.57 bits per heavy atom. The van der Waals surface area contributed by atoms with Crippen LogP contribution in [0.4, 0.5) is 5.69 Å². The summed E-state index contributed by atoms with van der Waals surface area (Å²) in [6.07, 6.45) is 0. The Morgan fingerprint density at radius 2 is 1.86 bits per heavy atom. The van der Waals surface area contributed by atoms with Crippen molar-refractivity contribution in [2.24, 2.45) is 0 Å². The summed E-state index contributed by atoms with van der Waals surface area (Å²) < 4.78 is 10.6. The fourth-order valence-corrected chi connectivity index (χ4v) is 2.98. The van der Waals surface area contributed by atoms with E-state index < -0.39 is 5.97 Å². The van der Waals surface area contributed by atoms with Crippen LogP contribution in [0.1, 0.15) is 22.8 Å². The van der Waals surface area contributed by atoms with Crippen molar-refractivity contribution in [3.63, 3.8) is 0 Å². The Labute approximate surface area is 166 Å². The number of anilines is 1. The van der Waals surface area contributed by atoms with Crippen molar-refractivity contribution in [1.29, 1.82) is 0 Å². The lowest BCUT2D eigenvalue weighted by Gasteiger charge is -2.05. The molecule has 0 spiro atoms. The van der Waals surface area contributed by atoms with E-state index in [0.717, 1.165) is 22.9 Å². The number of amides is 1. The topological polar surface area (TPSA) is 94.3 Å². The molecule has 28 heavy (non-hydrogen) atoms. The number of nitrogens with one attached hydrogen (secondary N) is 1. The Bertz CT molecular complexity index is 970. The van der Waals surface area contributed by atoms with Gasteiger partial charge in [-0.15, -0.1) is 10.2 Å². The maximum Gasteiger partial charge on any atom is 0.338 e. The standard InChI is InChI=1S/C20H19N3O4S/c1-3-26-19(25)14-8-10-15(11-9-14)21-17(24)12-28-20-23-22-18(27-20)16-7-5-4-6-13(16)2/h4-11H,3,12H2,1-2H3,(H,21,24). The van der Waals surface area contributed by atoms with Crippen LogP contribution in [-0.2, 0) is 9.53 Å². The third-order valence-electron chi connectivity index (χ3n) is 3.79. The summed E-state index contributed by atoms with van der Waals surface area (Å²) in [7, 11) is 0. The number of rotatable bonds is 7. The zero-order chi connectivity index (χ0) is 19.9. The maximum atomic E-state index is 12.1. The first-order valence-electron chi connectivity index (χ1n) is 8.66. The molecule has 3 rings (SSSR count). The van der Waals surface area contributed by atoms with Gasteiger partial charge < -0.3 is 14.5 Å². The van der Waals surface area contributed by atoms with Gasteiger partial charge in [-0.2, -0.15) is 0 Å². The van der Waals surface area contributed by atoms with Crippen LogP contribution in [0.25, 0.3) is 11.5 Å². The molecule has 0 saturated heterocycles. The molecule has 0 saturated carbocycles. The summed E-state index contributed by atoms with van der Waals surface area (Å²) >= 11 is 1.16. The molecule has 3 aromatic rings. The van der Waals surface area contributed by atoms with Crippen LogP contribution in [0.3, 0.4) is 0 Å². The molecule has 0 fully saturated rings. The van der Waals surface area contributed by atoms with Crippen LogP contribution in [0.2, 0.25) is 0 Å². The summed E-state index contributed by atoms with van der Waals surface area (Å²) in [5.41, 5.74) is 2.92. The van der Waals surface area contributed by atoms with Crippen molar-refractivity contribution in [3.8, 4) is 11.5 Å². The summed E-state index contributed by atoms with van der Waals surface area (Å²) in [4.78, 5) is 23.8. The molecule has 0 aliphatic carbocycles. The lowest BCUT2D eigenvalue weighted by molar-refractivity contribution is -0.113. The molecule has 0 aliphatic heterocycles. The average Bonchev–Trinajstić information content (AvgIpc) is 3.16. The molecule has 1 aromatic heterocycles. The van der Waals surface area contributed by atoms with Gasteiger partial charge in [0.25, 0.3) is 5.22 Å². The van der Waals surface area contributed by atoms with Gasteiger partial charge in [-0.05, 0) is 49.7 Å². The number of aromatic nitrogens is 2. The average molecular weight is 397 g/mol. The third-order valence-corrected chi connectivity index (χ3v) is 4.61. The van der Waals surface area contributed by atoms with E-state index in [9.17, 15) is 9.59 Å². The number of thioether (sulfide) groups is 1. The summed E-state index contributed by atoms with van der Waals surface area (Å²) in [5, 5.41) is 11.1. The second-order valence-electron chi connectivity index (χ2n) is 5.82. The molecule has 7 nitrogen and oxygen atoms in total. The largest absolute Gasteiger partial charge is 0.462 e. The Hall–Kier alpha value is -3.13. The smallest absolute Gasteiger partial charge is 0.338 e. The highest BCUT2D eigenvalue weighted by atomic mass is 32.2. The minimum absolute atomic E-state index is 0.120.